The molecule has 0 radical (unpaired) electrons. The molecule has 1 N–H and O–H groups in total. The van der Waals surface area contributed by atoms with Gasteiger partial charge in [0.05, 0.1) is 6.04 Å². The Morgan fingerprint density at radius 3 is 2.79 bits per heavy atom. The Balaban J connectivity index is 2.17. The van der Waals surface area contributed by atoms with Gasteiger partial charge in [0.1, 0.15) is 5.82 Å². The van der Waals surface area contributed by atoms with Crippen molar-refractivity contribution in [2.75, 3.05) is 24.5 Å². The van der Waals surface area contributed by atoms with E-state index in [0.29, 0.717) is 6.04 Å². The van der Waals surface area contributed by atoms with Crippen LogP contribution in [0.4, 0.5) is 5.82 Å². The van der Waals surface area contributed by atoms with Crippen molar-refractivity contribution in [3.05, 3.63) is 23.9 Å². The minimum absolute atomic E-state index is 0.634. The van der Waals surface area contributed by atoms with E-state index in [1.54, 1.807) is 0 Å². The van der Waals surface area contributed by atoms with Crippen LogP contribution in [-0.4, -0.2) is 30.7 Å². The summed E-state index contributed by atoms with van der Waals surface area (Å²) in [5.41, 5.74) is 1.09. The highest BCUT2D eigenvalue weighted by molar-refractivity contribution is 5.41. The van der Waals surface area contributed by atoms with E-state index >= 15 is 0 Å². The molecule has 3 heteroatoms. The molecule has 0 amide bonds. The molecule has 0 bridgehead atoms. The maximum absolute atomic E-state index is 4.55. The van der Waals surface area contributed by atoms with E-state index in [1.165, 1.54) is 0 Å². The van der Waals surface area contributed by atoms with Crippen molar-refractivity contribution in [3.8, 4) is 0 Å². The lowest BCUT2D eigenvalue weighted by Crippen LogP contribution is -2.57. The Morgan fingerprint density at radius 1 is 1.50 bits per heavy atom. The van der Waals surface area contributed by atoms with Crippen molar-refractivity contribution >= 4 is 5.82 Å². The Labute approximate surface area is 85.1 Å². The maximum Gasteiger partial charge on any atom is 0.129 e. The molecule has 2 heterocycles. The molecule has 76 valence electrons. The molecule has 2 rings (SSSR count). The molecular formula is C11H17N3. The average molecular weight is 191 g/mol. The van der Waals surface area contributed by atoms with Crippen LogP contribution in [0, 0.1) is 6.92 Å². The molecule has 0 aromatic carbocycles. The molecule has 0 spiro atoms. The van der Waals surface area contributed by atoms with Crippen LogP contribution in [0.25, 0.3) is 0 Å². The Hall–Kier alpha value is -1.09. The molecule has 1 aliphatic rings. The number of hydrogen-bond donors (Lipinski definition) is 1. The maximum atomic E-state index is 4.55. The zero-order valence-corrected chi connectivity index (χ0v) is 8.83. The normalized spacial score (nSPS) is 16.4. The third kappa shape index (κ3) is 1.73. The molecule has 0 aliphatic carbocycles. The predicted molar refractivity (Wildman–Crippen MR) is 58.7 cm³/mol. The Bertz CT molecular complexity index is 307. The number of aryl methyl sites for hydroxylation is 1. The van der Waals surface area contributed by atoms with Crippen molar-refractivity contribution < 1.29 is 0 Å². The van der Waals surface area contributed by atoms with Gasteiger partial charge in [0.15, 0.2) is 0 Å². The molecule has 1 aliphatic heterocycles. The van der Waals surface area contributed by atoms with Gasteiger partial charge >= 0.3 is 0 Å². The summed E-state index contributed by atoms with van der Waals surface area (Å²) in [5, 5.41) is 3.29. The monoisotopic (exact) mass is 191 g/mol. The third-order valence-corrected chi connectivity index (χ3v) is 2.71. The van der Waals surface area contributed by atoms with Crippen molar-refractivity contribution in [2.24, 2.45) is 0 Å². The van der Waals surface area contributed by atoms with E-state index in [4.69, 9.17) is 0 Å². The summed E-state index contributed by atoms with van der Waals surface area (Å²) >= 11 is 0. The van der Waals surface area contributed by atoms with Gasteiger partial charge in [-0.2, -0.15) is 0 Å². The number of anilines is 1. The van der Waals surface area contributed by atoms with Crippen LogP contribution >= 0.6 is 0 Å². The van der Waals surface area contributed by atoms with E-state index in [9.17, 15) is 0 Å². The first-order valence-corrected chi connectivity index (χ1v) is 5.22. The first-order valence-electron chi connectivity index (χ1n) is 5.22. The summed E-state index contributed by atoms with van der Waals surface area (Å²) in [6, 6.07) is 6.84. The van der Waals surface area contributed by atoms with Gasteiger partial charge in [0.25, 0.3) is 0 Å². The molecule has 1 aromatic heterocycles. The molecule has 14 heavy (non-hydrogen) atoms. The number of nitrogens with zero attached hydrogens (tertiary/aromatic N) is 2. The Kier molecular flexibility index (Phi) is 2.68. The minimum atomic E-state index is 0.634. The largest absolute Gasteiger partial charge is 0.351 e. The van der Waals surface area contributed by atoms with Gasteiger partial charge in [-0.3, -0.25) is 0 Å². The highest BCUT2D eigenvalue weighted by Crippen LogP contribution is 2.16. The van der Waals surface area contributed by atoms with Gasteiger partial charge in [-0.15, -0.1) is 0 Å². The van der Waals surface area contributed by atoms with Gasteiger partial charge in [0.2, 0.25) is 0 Å². The second-order valence-electron chi connectivity index (χ2n) is 3.74. The number of hydrogen-bond acceptors (Lipinski definition) is 3. The third-order valence-electron chi connectivity index (χ3n) is 2.71. The summed E-state index contributed by atoms with van der Waals surface area (Å²) in [6.45, 7) is 7.43. The van der Waals surface area contributed by atoms with E-state index < -0.39 is 0 Å². The van der Waals surface area contributed by atoms with Gasteiger partial charge in [0, 0.05) is 25.3 Å². The molecule has 1 aromatic rings. The first kappa shape index (κ1) is 9.46. The molecular weight excluding hydrogens is 174 g/mol. The summed E-state index contributed by atoms with van der Waals surface area (Å²) < 4.78 is 0. The van der Waals surface area contributed by atoms with Crippen LogP contribution in [-0.2, 0) is 0 Å². The molecule has 0 saturated carbocycles. The molecule has 3 nitrogen and oxygen atoms in total. The molecule has 0 unspecified atom stereocenters. The minimum Gasteiger partial charge on any atom is -0.351 e. The second kappa shape index (κ2) is 3.96. The van der Waals surface area contributed by atoms with Crippen molar-refractivity contribution in [1.29, 1.82) is 0 Å². The van der Waals surface area contributed by atoms with Crippen LogP contribution in [0.3, 0.4) is 0 Å². The fraction of sp³-hybridized carbons (Fsp3) is 0.545. The topological polar surface area (TPSA) is 28.2 Å². The average Bonchev–Trinajstić information content (AvgIpc) is 2.10. The highest BCUT2D eigenvalue weighted by atomic mass is 15.3. The van der Waals surface area contributed by atoms with E-state index in [1.807, 2.05) is 13.0 Å². The lowest BCUT2D eigenvalue weighted by Gasteiger charge is -2.38. The van der Waals surface area contributed by atoms with Crippen LogP contribution in [0.2, 0.25) is 0 Å². The number of aromatic nitrogens is 1. The fourth-order valence-corrected chi connectivity index (χ4v) is 1.79. The van der Waals surface area contributed by atoms with Crippen molar-refractivity contribution in [3.63, 3.8) is 0 Å². The Morgan fingerprint density at radius 2 is 2.29 bits per heavy atom. The van der Waals surface area contributed by atoms with E-state index in [0.717, 1.165) is 31.1 Å². The zero-order valence-electron chi connectivity index (χ0n) is 8.83. The lowest BCUT2D eigenvalue weighted by atomic mass is 10.1. The fourth-order valence-electron chi connectivity index (χ4n) is 1.79. The molecule has 0 atom stereocenters. The lowest BCUT2D eigenvalue weighted by molar-refractivity contribution is 0.415. The molecule has 1 saturated heterocycles. The van der Waals surface area contributed by atoms with Crippen LogP contribution in [0.15, 0.2) is 18.2 Å². The number of likely N-dealkylation sites (N-methyl/N-ethyl adjacent to an activating group) is 1. The molecule has 1 fully saturated rings. The zero-order chi connectivity index (χ0) is 9.97. The quantitative estimate of drug-likeness (QED) is 0.778. The van der Waals surface area contributed by atoms with Crippen LogP contribution < -0.4 is 10.2 Å². The summed E-state index contributed by atoms with van der Waals surface area (Å²) in [5.74, 6) is 1.11. The number of pyridine rings is 1. The predicted octanol–water partition coefficient (Wildman–Crippen LogP) is 1.19. The summed E-state index contributed by atoms with van der Waals surface area (Å²) in [6.07, 6.45) is 0. The van der Waals surface area contributed by atoms with Gasteiger partial charge in [-0.25, -0.2) is 4.98 Å². The second-order valence-corrected chi connectivity index (χ2v) is 3.74. The van der Waals surface area contributed by atoms with E-state index in [-0.39, 0.29) is 0 Å². The number of nitrogens with one attached hydrogen (secondary N) is 1. The van der Waals surface area contributed by atoms with Gasteiger partial charge < -0.3 is 10.2 Å². The van der Waals surface area contributed by atoms with Gasteiger partial charge in [-0.05, 0) is 26.0 Å². The summed E-state index contributed by atoms with van der Waals surface area (Å²) in [4.78, 5) is 6.91. The number of rotatable bonds is 3. The SMILES string of the molecule is CCN(c1cccc(C)n1)C1CNC1. The highest BCUT2D eigenvalue weighted by Gasteiger charge is 2.24. The summed E-state index contributed by atoms with van der Waals surface area (Å²) in [7, 11) is 0. The van der Waals surface area contributed by atoms with Crippen LogP contribution in [0.5, 0.6) is 0 Å². The smallest absolute Gasteiger partial charge is 0.129 e. The van der Waals surface area contributed by atoms with E-state index in [2.05, 4.69) is 34.3 Å². The van der Waals surface area contributed by atoms with Crippen molar-refractivity contribution in [1.82, 2.24) is 10.3 Å². The van der Waals surface area contributed by atoms with Crippen molar-refractivity contribution in [2.45, 2.75) is 19.9 Å². The van der Waals surface area contributed by atoms with Crippen LogP contribution in [0.1, 0.15) is 12.6 Å². The standard InChI is InChI=1S/C11H17N3/c1-3-14(10-7-12-8-10)11-6-4-5-9(2)13-11/h4-6,10,12H,3,7-8H2,1-2H3. The van der Waals surface area contributed by atoms with Gasteiger partial charge in [-0.1, -0.05) is 6.07 Å². The first-order chi connectivity index (χ1) is 6.81.